The Bertz CT molecular complexity index is 1100. The van der Waals surface area contributed by atoms with Gasteiger partial charge in [-0.2, -0.15) is 0 Å². The smallest absolute Gasteiger partial charge is 0.407 e. The summed E-state index contributed by atoms with van der Waals surface area (Å²) in [6.07, 6.45) is 0.822. The van der Waals surface area contributed by atoms with E-state index in [1.807, 2.05) is 0 Å². The summed E-state index contributed by atoms with van der Waals surface area (Å²) < 4.78 is 25.0. The maximum absolute atomic E-state index is 14.1. The van der Waals surface area contributed by atoms with Crippen molar-refractivity contribution in [2.24, 2.45) is 0 Å². The zero-order valence-corrected chi connectivity index (χ0v) is 18.1. The first-order chi connectivity index (χ1) is 14.6. The Morgan fingerprint density at radius 2 is 2.00 bits per heavy atom. The van der Waals surface area contributed by atoms with Crippen molar-refractivity contribution < 1.29 is 18.7 Å². The molecule has 0 fully saturated rings. The highest BCUT2D eigenvalue weighted by Gasteiger charge is 2.16. The van der Waals surface area contributed by atoms with Crippen LogP contribution in [0.15, 0.2) is 36.7 Å². The molecule has 8 nitrogen and oxygen atoms in total. The molecule has 3 rings (SSSR count). The Kier molecular flexibility index (Phi) is 6.65. The van der Waals surface area contributed by atoms with Crippen molar-refractivity contribution in [3.05, 3.63) is 47.5 Å². The van der Waals surface area contributed by atoms with Crippen LogP contribution in [0.4, 0.5) is 26.4 Å². The average Bonchev–Trinajstić information content (AvgIpc) is 2.66. The van der Waals surface area contributed by atoms with E-state index in [1.54, 1.807) is 39.0 Å². The van der Waals surface area contributed by atoms with Crippen LogP contribution in [0, 0.1) is 5.82 Å². The lowest BCUT2D eigenvalue weighted by molar-refractivity contribution is 0.0520. The van der Waals surface area contributed by atoms with Gasteiger partial charge in [-0.25, -0.2) is 19.2 Å². The molecule has 4 N–H and O–H groups in total. The van der Waals surface area contributed by atoms with E-state index in [0.717, 1.165) is 0 Å². The van der Waals surface area contributed by atoms with Crippen LogP contribution in [-0.4, -0.2) is 34.8 Å². The highest BCUT2D eigenvalue weighted by atomic mass is 35.5. The minimum Gasteiger partial charge on any atom is -0.490 e. The molecule has 0 saturated carbocycles. The van der Waals surface area contributed by atoms with Gasteiger partial charge in [0.2, 0.25) is 0 Å². The zero-order valence-electron chi connectivity index (χ0n) is 17.3. The van der Waals surface area contributed by atoms with Gasteiger partial charge in [0.25, 0.3) is 0 Å². The maximum Gasteiger partial charge on any atom is 0.407 e. The van der Waals surface area contributed by atoms with Gasteiger partial charge < -0.3 is 25.8 Å². The van der Waals surface area contributed by atoms with Crippen molar-refractivity contribution in [1.29, 1.82) is 0 Å². The predicted octanol–water partition coefficient (Wildman–Crippen LogP) is 4.65. The van der Waals surface area contributed by atoms with Gasteiger partial charge in [0.05, 0.1) is 23.4 Å². The number of hydrogen-bond acceptors (Lipinski definition) is 7. The van der Waals surface area contributed by atoms with Crippen LogP contribution in [0.5, 0.6) is 5.75 Å². The lowest BCUT2D eigenvalue weighted by Crippen LogP contribution is -2.34. The topological polar surface area (TPSA) is 111 Å². The molecule has 0 atom stereocenters. The number of fused-ring (bicyclic) bond motifs is 1. The molecule has 0 aliphatic heterocycles. The summed E-state index contributed by atoms with van der Waals surface area (Å²) in [5.41, 5.74) is 6.65. The number of halogens is 2. The first-order valence-corrected chi connectivity index (χ1v) is 9.86. The molecular formula is C21H23ClFN5O3. The zero-order chi connectivity index (χ0) is 22.6. The molecule has 0 saturated heterocycles. The number of nitrogens with one attached hydrogen (secondary N) is 2. The van der Waals surface area contributed by atoms with Crippen molar-refractivity contribution >= 4 is 45.8 Å². The summed E-state index contributed by atoms with van der Waals surface area (Å²) >= 11 is 5.80. The fourth-order valence-electron chi connectivity index (χ4n) is 2.67. The molecule has 0 unspecified atom stereocenters. The van der Waals surface area contributed by atoms with Gasteiger partial charge in [-0.15, -0.1) is 0 Å². The number of aromatic nitrogens is 2. The van der Waals surface area contributed by atoms with E-state index in [0.29, 0.717) is 33.2 Å². The number of alkyl carbamates (subject to hydrolysis) is 1. The van der Waals surface area contributed by atoms with Crippen molar-refractivity contribution in [1.82, 2.24) is 15.3 Å². The summed E-state index contributed by atoms with van der Waals surface area (Å²) in [5.74, 6) is 0.279. The second kappa shape index (κ2) is 9.22. The Labute approximate surface area is 183 Å². The number of rotatable bonds is 6. The van der Waals surface area contributed by atoms with Crippen molar-refractivity contribution in [2.75, 3.05) is 24.2 Å². The molecule has 0 aliphatic rings. The van der Waals surface area contributed by atoms with Gasteiger partial charge in [0.15, 0.2) is 0 Å². The molecule has 1 aromatic heterocycles. The van der Waals surface area contributed by atoms with E-state index in [1.165, 1.54) is 18.5 Å². The molecule has 1 heterocycles. The number of carbonyl (C=O) groups is 1. The van der Waals surface area contributed by atoms with Crippen LogP contribution < -0.4 is 21.1 Å². The quantitative estimate of drug-likeness (QED) is 0.372. The largest absolute Gasteiger partial charge is 0.490 e. The van der Waals surface area contributed by atoms with Crippen LogP contribution in [-0.2, 0) is 4.74 Å². The second-order valence-electron chi connectivity index (χ2n) is 7.66. The summed E-state index contributed by atoms with van der Waals surface area (Å²) in [5, 5.41) is 6.42. The lowest BCUT2D eigenvalue weighted by atomic mass is 10.2. The number of anilines is 3. The molecule has 31 heavy (non-hydrogen) atoms. The third-order valence-electron chi connectivity index (χ3n) is 3.98. The Morgan fingerprint density at radius 1 is 1.23 bits per heavy atom. The fourth-order valence-corrected chi connectivity index (χ4v) is 2.83. The van der Waals surface area contributed by atoms with E-state index in [-0.39, 0.29) is 18.8 Å². The van der Waals surface area contributed by atoms with Crippen LogP contribution >= 0.6 is 11.6 Å². The molecule has 10 heteroatoms. The highest BCUT2D eigenvalue weighted by Crippen LogP contribution is 2.32. The van der Waals surface area contributed by atoms with E-state index in [2.05, 4.69) is 20.6 Å². The molecule has 0 bridgehead atoms. The SMILES string of the molecule is CC(C)(C)OC(=O)NCCOc1cc2ncnc(Nc3ccc(Cl)cc3F)c2cc1N. The number of nitrogens with zero attached hydrogens (tertiary/aromatic N) is 2. The van der Waals surface area contributed by atoms with E-state index >= 15 is 0 Å². The molecule has 0 aliphatic carbocycles. The molecule has 1 amide bonds. The third kappa shape index (κ3) is 6.08. The minimum atomic E-state index is -0.575. The van der Waals surface area contributed by atoms with Gasteiger partial charge in [-0.1, -0.05) is 11.6 Å². The number of ether oxygens (including phenoxy) is 2. The van der Waals surface area contributed by atoms with E-state index in [4.69, 9.17) is 26.8 Å². The number of nitrogens with two attached hydrogens (primary N) is 1. The molecule has 0 spiro atoms. The molecule has 164 valence electrons. The number of amides is 1. The Hall–Kier alpha value is -3.33. The first kappa shape index (κ1) is 22.4. The maximum atomic E-state index is 14.1. The number of carbonyl (C=O) groups excluding carboxylic acids is 1. The van der Waals surface area contributed by atoms with Crippen molar-refractivity contribution in [3.8, 4) is 5.75 Å². The highest BCUT2D eigenvalue weighted by molar-refractivity contribution is 6.30. The number of benzene rings is 2. The van der Waals surface area contributed by atoms with Crippen LogP contribution in [0.1, 0.15) is 20.8 Å². The second-order valence-corrected chi connectivity index (χ2v) is 8.09. The summed E-state index contributed by atoms with van der Waals surface area (Å²) in [6, 6.07) is 7.59. The van der Waals surface area contributed by atoms with Crippen LogP contribution in [0.3, 0.4) is 0 Å². The van der Waals surface area contributed by atoms with Gasteiger partial charge >= 0.3 is 6.09 Å². The van der Waals surface area contributed by atoms with Gasteiger partial charge in [-0.05, 0) is 45.0 Å². The standard InChI is InChI=1S/C21H23ClFN5O3/c1-21(2,3)31-20(29)25-6-7-30-18-10-17-13(9-15(18)24)19(27-11-26-17)28-16-5-4-12(22)8-14(16)23/h4-5,8-11H,6-7,24H2,1-3H3,(H,25,29)(H,26,27,28). The Morgan fingerprint density at radius 3 is 2.71 bits per heavy atom. The summed E-state index contributed by atoms with van der Waals surface area (Å²) in [6.45, 7) is 5.77. The van der Waals surface area contributed by atoms with Gasteiger partial charge in [-0.3, -0.25) is 0 Å². The predicted molar refractivity (Wildman–Crippen MR) is 118 cm³/mol. The lowest BCUT2D eigenvalue weighted by Gasteiger charge is -2.19. The molecule has 0 radical (unpaired) electrons. The van der Waals surface area contributed by atoms with Gasteiger partial charge in [0, 0.05) is 16.5 Å². The monoisotopic (exact) mass is 447 g/mol. The average molecular weight is 448 g/mol. The summed E-state index contributed by atoms with van der Waals surface area (Å²) in [4.78, 5) is 20.1. The van der Waals surface area contributed by atoms with Gasteiger partial charge in [0.1, 0.15) is 35.9 Å². The third-order valence-corrected chi connectivity index (χ3v) is 4.21. The Balaban J connectivity index is 1.70. The number of nitrogen functional groups attached to an aromatic ring is 1. The molecular weight excluding hydrogens is 425 g/mol. The first-order valence-electron chi connectivity index (χ1n) is 9.48. The normalized spacial score (nSPS) is 11.3. The van der Waals surface area contributed by atoms with Crippen molar-refractivity contribution in [2.45, 2.75) is 26.4 Å². The molecule has 2 aromatic carbocycles. The van der Waals surface area contributed by atoms with Crippen LogP contribution in [0.2, 0.25) is 5.02 Å². The van der Waals surface area contributed by atoms with E-state index in [9.17, 15) is 9.18 Å². The fraction of sp³-hybridized carbons (Fsp3) is 0.286. The minimum absolute atomic E-state index is 0.182. The van der Waals surface area contributed by atoms with E-state index < -0.39 is 17.5 Å². The van der Waals surface area contributed by atoms with Crippen molar-refractivity contribution in [3.63, 3.8) is 0 Å². The van der Waals surface area contributed by atoms with Crippen LogP contribution in [0.25, 0.3) is 10.9 Å². The number of hydrogen-bond donors (Lipinski definition) is 3. The summed E-state index contributed by atoms with van der Waals surface area (Å²) in [7, 11) is 0. The molecule has 3 aromatic rings.